The third kappa shape index (κ3) is 4.10. The van der Waals surface area contributed by atoms with Crippen molar-refractivity contribution in [3.05, 3.63) is 60.2 Å². The molecule has 2 rings (SSSR count). The van der Waals surface area contributed by atoms with Crippen LogP contribution in [-0.2, 0) is 4.74 Å². The average molecular weight is 271 g/mol. The number of carbonyl (C=O) groups excluding carboxylic acids is 1. The topological polar surface area (TPSA) is 47.6 Å². The molecule has 4 nitrogen and oxygen atoms in total. The molecule has 2 aromatic carbocycles. The zero-order valence-electron chi connectivity index (χ0n) is 11.3. The van der Waals surface area contributed by atoms with Gasteiger partial charge in [0.1, 0.15) is 12.4 Å². The van der Waals surface area contributed by atoms with Gasteiger partial charge in [-0.25, -0.2) is 0 Å². The molecule has 0 fully saturated rings. The molecule has 20 heavy (non-hydrogen) atoms. The Kier molecular flexibility index (Phi) is 5.15. The minimum Gasteiger partial charge on any atom is -0.491 e. The maximum Gasteiger partial charge on any atom is 0.255 e. The van der Waals surface area contributed by atoms with Gasteiger partial charge in [0.25, 0.3) is 5.91 Å². The third-order valence-corrected chi connectivity index (χ3v) is 2.68. The number of hydrogen-bond acceptors (Lipinski definition) is 3. The zero-order valence-corrected chi connectivity index (χ0v) is 11.3. The number of carbonyl (C=O) groups is 1. The summed E-state index contributed by atoms with van der Waals surface area (Å²) in [6.07, 6.45) is 0. The van der Waals surface area contributed by atoms with E-state index in [9.17, 15) is 4.79 Å². The van der Waals surface area contributed by atoms with Gasteiger partial charge in [0.05, 0.1) is 6.61 Å². The number of hydrogen-bond donors (Lipinski definition) is 1. The minimum atomic E-state index is -0.139. The Bertz CT molecular complexity index is 555. The first kappa shape index (κ1) is 14.1. The largest absolute Gasteiger partial charge is 0.491 e. The van der Waals surface area contributed by atoms with E-state index < -0.39 is 0 Å². The Morgan fingerprint density at radius 1 is 1.05 bits per heavy atom. The van der Waals surface area contributed by atoms with Gasteiger partial charge in [-0.2, -0.15) is 0 Å². The summed E-state index contributed by atoms with van der Waals surface area (Å²) in [5.41, 5.74) is 1.33. The predicted octanol–water partition coefficient (Wildman–Crippen LogP) is 2.96. The van der Waals surface area contributed by atoms with Gasteiger partial charge in [-0.05, 0) is 24.3 Å². The van der Waals surface area contributed by atoms with Crippen LogP contribution in [0, 0.1) is 0 Å². The summed E-state index contributed by atoms with van der Waals surface area (Å²) in [6, 6.07) is 16.4. The monoisotopic (exact) mass is 271 g/mol. The molecule has 0 aliphatic carbocycles. The van der Waals surface area contributed by atoms with Crippen LogP contribution in [0.4, 0.5) is 5.69 Å². The highest BCUT2D eigenvalue weighted by Gasteiger charge is 2.05. The summed E-state index contributed by atoms with van der Waals surface area (Å²) in [6.45, 7) is 1.01. The van der Waals surface area contributed by atoms with Gasteiger partial charge >= 0.3 is 0 Å². The van der Waals surface area contributed by atoms with Gasteiger partial charge in [-0.15, -0.1) is 0 Å². The molecule has 1 N–H and O–H groups in total. The highest BCUT2D eigenvalue weighted by molar-refractivity contribution is 6.04. The molecule has 0 spiro atoms. The van der Waals surface area contributed by atoms with Crippen LogP contribution < -0.4 is 10.1 Å². The number of nitrogens with one attached hydrogen (secondary N) is 1. The molecule has 0 bridgehead atoms. The predicted molar refractivity (Wildman–Crippen MR) is 78.2 cm³/mol. The molecule has 0 radical (unpaired) electrons. The molecule has 0 heterocycles. The van der Waals surface area contributed by atoms with E-state index in [0.29, 0.717) is 30.2 Å². The first-order valence-corrected chi connectivity index (χ1v) is 6.38. The molecular formula is C16H17NO3. The van der Waals surface area contributed by atoms with Crippen molar-refractivity contribution < 1.29 is 14.3 Å². The fourth-order valence-corrected chi connectivity index (χ4v) is 1.70. The van der Waals surface area contributed by atoms with Crippen LogP contribution in [0.1, 0.15) is 10.4 Å². The summed E-state index contributed by atoms with van der Waals surface area (Å²) < 4.78 is 10.4. The molecule has 0 aliphatic rings. The number of ether oxygens (including phenoxy) is 2. The molecule has 0 saturated carbocycles. The normalized spacial score (nSPS) is 10.1. The average Bonchev–Trinajstić information content (AvgIpc) is 2.49. The van der Waals surface area contributed by atoms with Crippen LogP contribution in [0.2, 0.25) is 0 Å². The van der Waals surface area contributed by atoms with E-state index in [0.717, 1.165) is 0 Å². The Morgan fingerprint density at radius 2 is 1.85 bits per heavy atom. The van der Waals surface area contributed by atoms with E-state index in [4.69, 9.17) is 9.47 Å². The van der Waals surface area contributed by atoms with Crippen LogP contribution in [0.25, 0.3) is 0 Å². The Balaban J connectivity index is 1.99. The Morgan fingerprint density at radius 3 is 2.60 bits per heavy atom. The van der Waals surface area contributed by atoms with E-state index in [1.54, 1.807) is 25.3 Å². The minimum absolute atomic E-state index is 0.139. The molecule has 0 unspecified atom stereocenters. The fraction of sp³-hybridized carbons (Fsp3) is 0.188. The molecule has 4 heteroatoms. The van der Waals surface area contributed by atoms with Crippen molar-refractivity contribution in [2.45, 2.75) is 0 Å². The molecule has 1 amide bonds. The Labute approximate surface area is 118 Å². The van der Waals surface area contributed by atoms with Gasteiger partial charge in [0, 0.05) is 24.4 Å². The zero-order chi connectivity index (χ0) is 14.2. The number of benzene rings is 2. The Hall–Kier alpha value is -2.33. The van der Waals surface area contributed by atoms with E-state index in [1.165, 1.54) is 0 Å². The standard InChI is InChI=1S/C16H17NO3/c1-19-10-11-20-15-9-5-8-14(12-15)17-16(18)13-6-3-2-4-7-13/h2-9,12H,10-11H2,1H3,(H,17,18). The molecule has 2 aromatic rings. The molecule has 0 aliphatic heterocycles. The lowest BCUT2D eigenvalue weighted by Gasteiger charge is -2.09. The molecule has 0 atom stereocenters. The van der Waals surface area contributed by atoms with Crippen molar-refractivity contribution in [2.24, 2.45) is 0 Å². The SMILES string of the molecule is COCCOc1cccc(NC(=O)c2ccccc2)c1. The van der Waals surface area contributed by atoms with Crippen molar-refractivity contribution >= 4 is 11.6 Å². The number of rotatable bonds is 6. The molecule has 104 valence electrons. The second-order valence-corrected chi connectivity index (χ2v) is 4.19. The van der Waals surface area contributed by atoms with Crippen molar-refractivity contribution in [1.82, 2.24) is 0 Å². The number of anilines is 1. The van der Waals surface area contributed by atoms with Crippen molar-refractivity contribution in [1.29, 1.82) is 0 Å². The summed E-state index contributed by atoms with van der Waals surface area (Å²) in [7, 11) is 1.62. The summed E-state index contributed by atoms with van der Waals surface area (Å²) in [5.74, 6) is 0.563. The quantitative estimate of drug-likeness (QED) is 0.822. The first-order chi connectivity index (χ1) is 9.79. The van der Waals surface area contributed by atoms with Crippen LogP contribution >= 0.6 is 0 Å². The van der Waals surface area contributed by atoms with Crippen LogP contribution in [0.5, 0.6) is 5.75 Å². The van der Waals surface area contributed by atoms with Crippen molar-refractivity contribution in [2.75, 3.05) is 25.6 Å². The highest BCUT2D eigenvalue weighted by atomic mass is 16.5. The van der Waals surface area contributed by atoms with Gasteiger partial charge in [-0.3, -0.25) is 4.79 Å². The maximum absolute atomic E-state index is 12.0. The van der Waals surface area contributed by atoms with Crippen LogP contribution in [0.15, 0.2) is 54.6 Å². The molecule has 0 aromatic heterocycles. The van der Waals surface area contributed by atoms with E-state index in [1.807, 2.05) is 36.4 Å². The van der Waals surface area contributed by atoms with Gasteiger partial charge in [0.15, 0.2) is 0 Å². The van der Waals surface area contributed by atoms with E-state index >= 15 is 0 Å². The third-order valence-electron chi connectivity index (χ3n) is 2.68. The van der Waals surface area contributed by atoms with E-state index in [-0.39, 0.29) is 5.91 Å². The van der Waals surface area contributed by atoms with Crippen molar-refractivity contribution in [3.8, 4) is 5.75 Å². The molecule has 0 saturated heterocycles. The van der Waals surface area contributed by atoms with Gasteiger partial charge in [-0.1, -0.05) is 24.3 Å². The van der Waals surface area contributed by atoms with Crippen molar-refractivity contribution in [3.63, 3.8) is 0 Å². The smallest absolute Gasteiger partial charge is 0.255 e. The lowest BCUT2D eigenvalue weighted by Crippen LogP contribution is -2.11. The summed E-state index contributed by atoms with van der Waals surface area (Å²) in [5, 5.41) is 2.84. The fourth-order valence-electron chi connectivity index (χ4n) is 1.70. The second-order valence-electron chi connectivity index (χ2n) is 4.19. The van der Waals surface area contributed by atoms with Gasteiger partial charge < -0.3 is 14.8 Å². The van der Waals surface area contributed by atoms with Gasteiger partial charge in [0.2, 0.25) is 0 Å². The lowest BCUT2D eigenvalue weighted by molar-refractivity contribution is 0.102. The first-order valence-electron chi connectivity index (χ1n) is 6.38. The molecular weight excluding hydrogens is 254 g/mol. The number of amides is 1. The van der Waals surface area contributed by atoms with Crippen LogP contribution in [0.3, 0.4) is 0 Å². The van der Waals surface area contributed by atoms with E-state index in [2.05, 4.69) is 5.32 Å². The summed E-state index contributed by atoms with van der Waals surface area (Å²) in [4.78, 5) is 12.0. The summed E-state index contributed by atoms with van der Waals surface area (Å²) >= 11 is 0. The number of methoxy groups -OCH3 is 1. The second kappa shape index (κ2) is 7.31. The van der Waals surface area contributed by atoms with Crippen LogP contribution in [-0.4, -0.2) is 26.2 Å². The maximum atomic E-state index is 12.0. The lowest BCUT2D eigenvalue weighted by atomic mass is 10.2. The highest BCUT2D eigenvalue weighted by Crippen LogP contribution is 2.18.